The molecule has 0 aromatic heterocycles. The molecular weight excluding hydrogens is 310 g/mol. The number of hydrogen-bond donors (Lipinski definition) is 0. The van der Waals surface area contributed by atoms with E-state index in [2.05, 4.69) is 0 Å². The summed E-state index contributed by atoms with van der Waals surface area (Å²) in [4.78, 5) is 27.7. The largest absolute Gasteiger partial charge is 0.271 e. The number of carbonyl (C=O) groups is 2. The Bertz CT molecular complexity index is 606. The molecule has 0 unspecified atom stereocenters. The van der Waals surface area contributed by atoms with E-state index in [-0.39, 0.29) is 17.9 Å². The van der Waals surface area contributed by atoms with E-state index in [1.165, 1.54) is 64.2 Å². The third kappa shape index (κ3) is 3.26. The summed E-state index contributed by atoms with van der Waals surface area (Å²) in [6.07, 6.45) is 13.7. The first kappa shape index (κ1) is 16.8. The summed E-state index contributed by atoms with van der Waals surface area (Å²) < 4.78 is 0. The molecule has 134 valence electrons. The fraction of sp³-hybridized carbons (Fsp3) is 0.636. The van der Waals surface area contributed by atoms with Crippen molar-refractivity contribution in [1.82, 2.24) is 4.90 Å². The Morgan fingerprint density at radius 2 is 1.32 bits per heavy atom. The molecule has 2 aliphatic carbocycles. The van der Waals surface area contributed by atoms with Crippen LogP contribution in [0.1, 0.15) is 91.3 Å². The molecule has 0 radical (unpaired) electrons. The molecule has 4 rings (SSSR count). The van der Waals surface area contributed by atoms with E-state index < -0.39 is 0 Å². The molecule has 0 saturated heterocycles. The van der Waals surface area contributed by atoms with Crippen molar-refractivity contribution in [2.75, 3.05) is 0 Å². The van der Waals surface area contributed by atoms with E-state index in [1.807, 2.05) is 24.3 Å². The number of nitrogens with zero attached hydrogens (tertiary/aromatic N) is 1. The number of carbonyl (C=O) groups excluding carboxylic acids is 2. The summed E-state index contributed by atoms with van der Waals surface area (Å²) in [6, 6.07) is 7.47. The van der Waals surface area contributed by atoms with Crippen LogP contribution in [0.25, 0.3) is 0 Å². The lowest BCUT2D eigenvalue weighted by Gasteiger charge is -2.38. The number of benzene rings is 1. The van der Waals surface area contributed by atoms with Crippen molar-refractivity contribution in [3.05, 3.63) is 35.4 Å². The van der Waals surface area contributed by atoms with Gasteiger partial charge in [0.2, 0.25) is 0 Å². The molecule has 2 saturated carbocycles. The fourth-order valence-electron chi connectivity index (χ4n) is 5.30. The van der Waals surface area contributed by atoms with Gasteiger partial charge in [-0.15, -0.1) is 0 Å². The van der Waals surface area contributed by atoms with E-state index in [0.717, 1.165) is 6.42 Å². The highest BCUT2D eigenvalue weighted by molar-refractivity contribution is 6.21. The lowest BCUT2D eigenvalue weighted by molar-refractivity contribution is 0.0447. The Hall–Kier alpha value is -1.64. The Morgan fingerprint density at radius 1 is 0.800 bits per heavy atom. The molecule has 1 aliphatic heterocycles. The maximum atomic E-state index is 13.0. The Kier molecular flexibility index (Phi) is 4.91. The summed E-state index contributed by atoms with van der Waals surface area (Å²) in [5.41, 5.74) is 1.22. The van der Waals surface area contributed by atoms with Crippen LogP contribution in [-0.4, -0.2) is 22.8 Å². The molecular formula is C22H29NO2. The smallest absolute Gasteiger partial charge is 0.261 e. The SMILES string of the molecule is O=C1c2ccccc2C(=O)N1[C@@H](CC1CCCCC1)C1CCCCC1. The standard InChI is InChI=1S/C22H29NO2/c24-21-18-13-7-8-14-19(18)22(25)23(21)20(17-11-5-2-6-12-17)15-16-9-3-1-4-10-16/h7-8,13-14,16-17,20H,1-6,9-12,15H2/t20-/m0/s1. The van der Waals surface area contributed by atoms with Gasteiger partial charge in [-0.05, 0) is 43.2 Å². The number of imide groups is 1. The van der Waals surface area contributed by atoms with Gasteiger partial charge in [0, 0.05) is 6.04 Å². The summed E-state index contributed by atoms with van der Waals surface area (Å²) in [5, 5.41) is 0. The Morgan fingerprint density at radius 3 is 1.88 bits per heavy atom. The second-order valence-electron chi connectivity index (χ2n) is 8.23. The van der Waals surface area contributed by atoms with Gasteiger partial charge in [-0.25, -0.2) is 0 Å². The minimum absolute atomic E-state index is 0.0491. The predicted molar refractivity (Wildman–Crippen MR) is 98.5 cm³/mol. The van der Waals surface area contributed by atoms with Crippen molar-refractivity contribution in [1.29, 1.82) is 0 Å². The molecule has 1 aromatic carbocycles. The Balaban J connectivity index is 1.61. The van der Waals surface area contributed by atoms with Crippen LogP contribution in [0.3, 0.4) is 0 Å². The lowest BCUT2D eigenvalue weighted by Crippen LogP contribution is -2.46. The second-order valence-corrected chi connectivity index (χ2v) is 8.23. The molecule has 3 heteroatoms. The van der Waals surface area contributed by atoms with Crippen LogP contribution in [0.2, 0.25) is 0 Å². The van der Waals surface area contributed by atoms with Crippen LogP contribution in [0, 0.1) is 11.8 Å². The van der Waals surface area contributed by atoms with Crippen molar-refractivity contribution < 1.29 is 9.59 Å². The summed E-state index contributed by atoms with van der Waals surface area (Å²) in [7, 11) is 0. The minimum atomic E-state index is -0.0491. The second kappa shape index (κ2) is 7.31. The lowest BCUT2D eigenvalue weighted by atomic mass is 9.76. The molecule has 1 atom stereocenters. The Labute approximate surface area is 150 Å². The average molecular weight is 339 g/mol. The molecule has 25 heavy (non-hydrogen) atoms. The number of fused-ring (bicyclic) bond motifs is 1. The van der Waals surface area contributed by atoms with Crippen LogP contribution in [0.4, 0.5) is 0 Å². The molecule has 0 bridgehead atoms. The van der Waals surface area contributed by atoms with Crippen LogP contribution in [-0.2, 0) is 0 Å². The predicted octanol–water partition coefficient (Wildman–Crippen LogP) is 5.20. The molecule has 1 heterocycles. The van der Waals surface area contributed by atoms with Crippen molar-refractivity contribution in [3.63, 3.8) is 0 Å². The first-order valence-corrected chi connectivity index (χ1v) is 10.2. The third-order valence-electron chi connectivity index (χ3n) is 6.65. The van der Waals surface area contributed by atoms with E-state index >= 15 is 0 Å². The maximum Gasteiger partial charge on any atom is 0.261 e. The zero-order valence-corrected chi connectivity index (χ0v) is 15.1. The van der Waals surface area contributed by atoms with Gasteiger partial charge in [0.15, 0.2) is 0 Å². The van der Waals surface area contributed by atoms with Gasteiger partial charge in [-0.2, -0.15) is 0 Å². The van der Waals surface area contributed by atoms with Crippen molar-refractivity contribution in [3.8, 4) is 0 Å². The van der Waals surface area contributed by atoms with Crippen molar-refractivity contribution in [2.24, 2.45) is 11.8 Å². The molecule has 3 nitrogen and oxygen atoms in total. The molecule has 0 N–H and O–H groups in total. The molecule has 0 spiro atoms. The third-order valence-corrected chi connectivity index (χ3v) is 6.65. The van der Waals surface area contributed by atoms with Gasteiger partial charge in [0.25, 0.3) is 11.8 Å². The monoisotopic (exact) mass is 339 g/mol. The van der Waals surface area contributed by atoms with Crippen LogP contribution in [0.15, 0.2) is 24.3 Å². The molecule has 2 fully saturated rings. The number of amides is 2. The number of hydrogen-bond acceptors (Lipinski definition) is 2. The van der Waals surface area contributed by atoms with E-state index in [1.54, 1.807) is 4.90 Å². The van der Waals surface area contributed by atoms with Gasteiger partial charge >= 0.3 is 0 Å². The van der Waals surface area contributed by atoms with Crippen molar-refractivity contribution >= 4 is 11.8 Å². The highest BCUT2D eigenvalue weighted by atomic mass is 16.2. The molecule has 3 aliphatic rings. The van der Waals surface area contributed by atoms with Crippen LogP contribution < -0.4 is 0 Å². The van der Waals surface area contributed by atoms with Gasteiger partial charge in [-0.3, -0.25) is 14.5 Å². The highest BCUT2D eigenvalue weighted by Gasteiger charge is 2.43. The van der Waals surface area contributed by atoms with Gasteiger partial charge in [0.05, 0.1) is 11.1 Å². The van der Waals surface area contributed by atoms with Crippen LogP contribution in [0.5, 0.6) is 0 Å². The fourth-order valence-corrected chi connectivity index (χ4v) is 5.30. The zero-order chi connectivity index (χ0) is 17.2. The van der Waals surface area contributed by atoms with Gasteiger partial charge in [-0.1, -0.05) is 63.5 Å². The maximum absolute atomic E-state index is 13.0. The van der Waals surface area contributed by atoms with Gasteiger partial charge < -0.3 is 0 Å². The molecule has 2 amide bonds. The summed E-state index contributed by atoms with van der Waals surface area (Å²) in [5.74, 6) is 1.09. The van der Waals surface area contributed by atoms with E-state index in [9.17, 15) is 9.59 Å². The first-order valence-electron chi connectivity index (χ1n) is 10.2. The average Bonchev–Trinajstić information content (AvgIpc) is 2.93. The summed E-state index contributed by atoms with van der Waals surface area (Å²) in [6.45, 7) is 0. The zero-order valence-electron chi connectivity index (χ0n) is 15.1. The normalized spacial score (nSPS) is 23.8. The van der Waals surface area contributed by atoms with E-state index in [0.29, 0.717) is 23.0 Å². The number of rotatable bonds is 4. The van der Waals surface area contributed by atoms with Crippen LogP contribution >= 0.6 is 0 Å². The topological polar surface area (TPSA) is 37.4 Å². The minimum Gasteiger partial charge on any atom is -0.271 e. The first-order chi connectivity index (χ1) is 12.3. The quantitative estimate of drug-likeness (QED) is 0.707. The summed E-state index contributed by atoms with van der Waals surface area (Å²) >= 11 is 0. The van der Waals surface area contributed by atoms with Crippen molar-refractivity contribution in [2.45, 2.75) is 76.7 Å². The van der Waals surface area contributed by atoms with E-state index in [4.69, 9.17) is 0 Å². The highest BCUT2D eigenvalue weighted by Crippen LogP contribution is 2.38. The van der Waals surface area contributed by atoms with Gasteiger partial charge in [0.1, 0.15) is 0 Å². The molecule has 1 aromatic rings.